The van der Waals surface area contributed by atoms with Gasteiger partial charge in [0, 0.05) is 22.9 Å². The third-order valence-electron chi connectivity index (χ3n) is 6.11. The Morgan fingerprint density at radius 3 is 2.45 bits per heavy atom. The molecular weight excluding hydrogens is 510 g/mol. The summed E-state index contributed by atoms with van der Waals surface area (Å²) in [5.41, 5.74) is 1.72. The van der Waals surface area contributed by atoms with Crippen LogP contribution in [0.15, 0.2) is 66.7 Å². The van der Waals surface area contributed by atoms with E-state index in [9.17, 15) is 9.59 Å². The predicted molar refractivity (Wildman–Crippen MR) is 153 cm³/mol. The van der Waals surface area contributed by atoms with Crippen molar-refractivity contribution in [3.63, 3.8) is 0 Å². The van der Waals surface area contributed by atoms with Crippen LogP contribution in [-0.2, 0) is 16.1 Å². The molecule has 1 heterocycles. The van der Waals surface area contributed by atoms with Gasteiger partial charge in [-0.05, 0) is 58.0 Å². The largest absolute Gasteiger partial charge is 0.494 e. The number of hydrogen-bond acceptors (Lipinski definition) is 7. The fraction of sp³-hybridized carbons (Fsp3) is 0.333. The van der Waals surface area contributed by atoms with Gasteiger partial charge in [0.25, 0.3) is 0 Å². The number of aromatic nitrogens is 3. The fourth-order valence-corrected chi connectivity index (χ4v) is 4.53. The van der Waals surface area contributed by atoms with Crippen molar-refractivity contribution in [2.75, 3.05) is 25.7 Å². The molecule has 1 aromatic heterocycles. The van der Waals surface area contributed by atoms with Crippen LogP contribution in [0, 0.1) is 0 Å². The standard InChI is InChI=1S/C30H35N5O5/c1-7-40-21-13-10-12-20(18-21)35(26(36)19-34-24-16-9-8-15-23(24)32-33-34)27(29(37)31-30(2,3)4)22-14-11-17-25(38-5)28(22)39-6/h8-18,27H,7,19H2,1-6H3,(H,31,37). The second-order valence-electron chi connectivity index (χ2n) is 10.2. The molecule has 0 bridgehead atoms. The molecule has 40 heavy (non-hydrogen) atoms. The summed E-state index contributed by atoms with van der Waals surface area (Å²) in [5, 5.41) is 11.4. The number of ether oxygens (including phenoxy) is 3. The highest BCUT2D eigenvalue weighted by atomic mass is 16.5. The number of methoxy groups -OCH3 is 2. The topological polar surface area (TPSA) is 108 Å². The third-order valence-corrected chi connectivity index (χ3v) is 6.11. The number of fused-ring (bicyclic) bond motifs is 1. The molecule has 3 aromatic carbocycles. The molecule has 0 spiro atoms. The Balaban J connectivity index is 1.91. The number of carbonyl (C=O) groups excluding carboxylic acids is 2. The second-order valence-corrected chi connectivity index (χ2v) is 10.2. The molecule has 0 aliphatic heterocycles. The van der Waals surface area contributed by atoms with Crippen molar-refractivity contribution >= 4 is 28.5 Å². The Morgan fingerprint density at radius 1 is 1.00 bits per heavy atom. The number of carbonyl (C=O) groups is 2. The van der Waals surface area contributed by atoms with Gasteiger partial charge in [0.1, 0.15) is 23.9 Å². The highest BCUT2D eigenvalue weighted by Gasteiger charge is 2.37. The van der Waals surface area contributed by atoms with Crippen molar-refractivity contribution in [2.45, 2.75) is 45.8 Å². The monoisotopic (exact) mass is 545 g/mol. The van der Waals surface area contributed by atoms with Crippen LogP contribution in [0.3, 0.4) is 0 Å². The first-order chi connectivity index (χ1) is 19.2. The zero-order valence-corrected chi connectivity index (χ0v) is 23.7. The Hall–Kier alpha value is -4.60. The molecule has 0 saturated carbocycles. The number of amides is 2. The van der Waals surface area contributed by atoms with Crippen molar-refractivity contribution in [2.24, 2.45) is 0 Å². The number of nitrogens with zero attached hydrogens (tertiary/aromatic N) is 4. The average molecular weight is 546 g/mol. The zero-order chi connectivity index (χ0) is 28.9. The van der Waals surface area contributed by atoms with Crippen LogP contribution in [0.4, 0.5) is 5.69 Å². The maximum atomic E-state index is 14.3. The van der Waals surface area contributed by atoms with Crippen LogP contribution in [0.2, 0.25) is 0 Å². The number of hydrogen-bond donors (Lipinski definition) is 1. The van der Waals surface area contributed by atoms with Gasteiger partial charge in [-0.3, -0.25) is 14.5 Å². The highest BCUT2D eigenvalue weighted by Crippen LogP contribution is 2.40. The van der Waals surface area contributed by atoms with Gasteiger partial charge < -0.3 is 19.5 Å². The molecule has 1 unspecified atom stereocenters. The maximum absolute atomic E-state index is 14.3. The average Bonchev–Trinajstić information content (AvgIpc) is 3.33. The lowest BCUT2D eigenvalue weighted by atomic mass is 9.99. The first kappa shape index (κ1) is 28.4. The van der Waals surface area contributed by atoms with E-state index >= 15 is 0 Å². The van der Waals surface area contributed by atoms with E-state index in [1.54, 1.807) is 42.5 Å². The summed E-state index contributed by atoms with van der Waals surface area (Å²) in [7, 11) is 3.03. The van der Waals surface area contributed by atoms with E-state index < -0.39 is 17.5 Å². The van der Waals surface area contributed by atoms with Gasteiger partial charge in [-0.25, -0.2) is 4.68 Å². The van der Waals surface area contributed by atoms with E-state index in [4.69, 9.17) is 14.2 Å². The van der Waals surface area contributed by atoms with Crippen LogP contribution in [0.25, 0.3) is 11.0 Å². The summed E-state index contributed by atoms with van der Waals surface area (Å²) in [6.07, 6.45) is 0. The minimum atomic E-state index is -1.12. The maximum Gasteiger partial charge on any atom is 0.249 e. The lowest BCUT2D eigenvalue weighted by molar-refractivity contribution is -0.128. The number of para-hydroxylation sites is 2. The van der Waals surface area contributed by atoms with Crippen LogP contribution in [0.1, 0.15) is 39.3 Å². The molecule has 0 saturated heterocycles. The van der Waals surface area contributed by atoms with Crippen LogP contribution in [0.5, 0.6) is 17.2 Å². The molecule has 0 radical (unpaired) electrons. The van der Waals surface area contributed by atoms with Crippen LogP contribution >= 0.6 is 0 Å². The Morgan fingerprint density at radius 2 is 1.75 bits per heavy atom. The molecule has 10 heteroatoms. The van der Waals surface area contributed by atoms with Crippen molar-refractivity contribution in [1.29, 1.82) is 0 Å². The molecule has 0 aliphatic carbocycles. The summed E-state index contributed by atoms with van der Waals surface area (Å²) >= 11 is 0. The summed E-state index contributed by atoms with van der Waals surface area (Å²) < 4.78 is 18.5. The zero-order valence-electron chi connectivity index (χ0n) is 23.7. The predicted octanol–water partition coefficient (Wildman–Crippen LogP) is 4.54. The summed E-state index contributed by atoms with van der Waals surface area (Å²) in [5.74, 6) is 0.577. The number of benzene rings is 3. The number of nitrogens with one attached hydrogen (secondary N) is 1. The van der Waals surface area contributed by atoms with Gasteiger partial charge in [0.05, 0.1) is 26.3 Å². The first-order valence-electron chi connectivity index (χ1n) is 13.0. The van der Waals surface area contributed by atoms with Crippen LogP contribution < -0.4 is 24.4 Å². The Labute approximate surface area is 233 Å². The van der Waals surface area contributed by atoms with Gasteiger partial charge in [0.15, 0.2) is 11.5 Å². The van der Waals surface area contributed by atoms with E-state index in [1.807, 2.05) is 52.0 Å². The minimum absolute atomic E-state index is 0.162. The van der Waals surface area contributed by atoms with Gasteiger partial charge >= 0.3 is 0 Å². The van der Waals surface area contributed by atoms with E-state index in [0.717, 1.165) is 0 Å². The minimum Gasteiger partial charge on any atom is -0.494 e. The highest BCUT2D eigenvalue weighted by molar-refractivity contribution is 6.02. The van der Waals surface area contributed by atoms with Crippen molar-refractivity contribution in [3.8, 4) is 17.2 Å². The first-order valence-corrected chi connectivity index (χ1v) is 13.0. The third kappa shape index (κ3) is 6.17. The van der Waals surface area contributed by atoms with Crippen molar-refractivity contribution < 1.29 is 23.8 Å². The number of anilines is 1. The molecule has 2 amide bonds. The molecule has 0 aliphatic rings. The van der Waals surface area contributed by atoms with E-state index in [2.05, 4.69) is 15.6 Å². The molecule has 4 rings (SSSR count). The SMILES string of the molecule is CCOc1cccc(N(C(=O)Cn2nnc3ccccc32)C(C(=O)NC(C)(C)C)c2cccc(OC)c2OC)c1. The smallest absolute Gasteiger partial charge is 0.249 e. The fourth-order valence-electron chi connectivity index (χ4n) is 4.53. The van der Waals surface area contributed by atoms with Gasteiger partial charge in [0.2, 0.25) is 11.8 Å². The second kappa shape index (κ2) is 12.1. The number of rotatable bonds is 10. The molecular formula is C30H35N5O5. The molecule has 10 nitrogen and oxygen atoms in total. The summed E-state index contributed by atoms with van der Waals surface area (Å²) in [4.78, 5) is 29.9. The molecule has 1 atom stereocenters. The molecule has 210 valence electrons. The van der Waals surface area contributed by atoms with E-state index in [1.165, 1.54) is 23.8 Å². The Bertz CT molecular complexity index is 1490. The summed E-state index contributed by atoms with van der Waals surface area (Å²) in [6.45, 7) is 7.81. The molecule has 1 N–H and O–H groups in total. The lowest BCUT2D eigenvalue weighted by Gasteiger charge is -2.34. The van der Waals surface area contributed by atoms with Gasteiger partial charge in [-0.15, -0.1) is 5.10 Å². The summed E-state index contributed by atoms with van der Waals surface area (Å²) in [6, 6.07) is 18.6. The van der Waals surface area contributed by atoms with Crippen molar-refractivity contribution in [1.82, 2.24) is 20.3 Å². The Kier molecular flexibility index (Phi) is 8.57. The normalized spacial score (nSPS) is 12.1. The van der Waals surface area contributed by atoms with Gasteiger partial charge in [-0.1, -0.05) is 35.5 Å². The quantitative estimate of drug-likeness (QED) is 0.312. The van der Waals surface area contributed by atoms with Crippen LogP contribution in [-0.4, -0.2) is 53.2 Å². The molecule has 0 fully saturated rings. The van der Waals surface area contributed by atoms with Gasteiger partial charge in [-0.2, -0.15) is 0 Å². The van der Waals surface area contributed by atoms with Crippen molar-refractivity contribution in [3.05, 3.63) is 72.3 Å². The lowest BCUT2D eigenvalue weighted by Crippen LogP contribution is -2.50. The molecule has 4 aromatic rings. The van der Waals surface area contributed by atoms with E-state index in [0.29, 0.717) is 46.1 Å². The van der Waals surface area contributed by atoms with E-state index in [-0.39, 0.29) is 12.5 Å².